The van der Waals surface area contributed by atoms with Crippen LogP contribution in [0.2, 0.25) is 0 Å². The maximum atomic E-state index is 10.9. The Labute approximate surface area is 74.2 Å². The Bertz CT molecular complexity index is 162. The smallest absolute Gasteiger partial charge is 0.211 e. The summed E-state index contributed by atoms with van der Waals surface area (Å²) in [5, 5.41) is 0.848. The van der Waals surface area contributed by atoms with Crippen molar-refractivity contribution in [2.75, 3.05) is 22.7 Å². The third-order valence-electron chi connectivity index (χ3n) is 0.608. The number of hydrogen-bond donors (Lipinski definition) is 0. The standard InChI is InChI=1S/C4H10O2S4/c1-7-3-9-10(5,6)4-8-2/h3-4H2,1-2H3. The summed E-state index contributed by atoms with van der Waals surface area (Å²) in [5.74, 6) is 0. The van der Waals surface area contributed by atoms with Crippen molar-refractivity contribution >= 4 is 43.2 Å². The average Bonchev–Trinajstić information content (AvgIpc) is 1.84. The van der Waals surface area contributed by atoms with E-state index < -0.39 is 8.87 Å². The van der Waals surface area contributed by atoms with Crippen molar-refractivity contribution in [1.29, 1.82) is 0 Å². The zero-order chi connectivity index (χ0) is 8.04. The van der Waals surface area contributed by atoms with Crippen LogP contribution in [0, 0.1) is 0 Å². The lowest BCUT2D eigenvalue weighted by atomic mass is 11.9. The van der Waals surface area contributed by atoms with Gasteiger partial charge in [0.25, 0.3) is 0 Å². The highest BCUT2D eigenvalue weighted by Crippen LogP contribution is 2.20. The zero-order valence-corrected chi connectivity index (χ0v) is 9.13. The van der Waals surface area contributed by atoms with Gasteiger partial charge in [-0.2, -0.15) is 11.8 Å². The van der Waals surface area contributed by atoms with E-state index in [0.29, 0.717) is 5.08 Å². The lowest BCUT2D eigenvalue weighted by Crippen LogP contribution is -1.96. The minimum absolute atomic E-state index is 0.220. The molecule has 0 aliphatic rings. The third kappa shape index (κ3) is 5.76. The number of thioether (sulfide) groups is 2. The molecule has 0 atom stereocenters. The van der Waals surface area contributed by atoms with E-state index in [9.17, 15) is 8.42 Å². The van der Waals surface area contributed by atoms with E-state index >= 15 is 0 Å². The molecular formula is C4H10O2S4. The van der Waals surface area contributed by atoms with E-state index in [0.717, 1.165) is 10.8 Å². The summed E-state index contributed by atoms with van der Waals surface area (Å²) < 4.78 is 21.8. The summed E-state index contributed by atoms with van der Waals surface area (Å²) >= 11 is 2.87. The fourth-order valence-corrected chi connectivity index (χ4v) is 6.36. The van der Waals surface area contributed by atoms with Gasteiger partial charge in [-0.25, -0.2) is 8.42 Å². The summed E-state index contributed by atoms with van der Waals surface area (Å²) in [4.78, 5) is 0. The molecule has 62 valence electrons. The fraction of sp³-hybridized carbons (Fsp3) is 1.00. The van der Waals surface area contributed by atoms with Crippen LogP contribution in [0.1, 0.15) is 0 Å². The third-order valence-corrected chi connectivity index (χ3v) is 7.20. The van der Waals surface area contributed by atoms with Gasteiger partial charge < -0.3 is 0 Å². The summed E-state index contributed by atoms with van der Waals surface area (Å²) in [5.41, 5.74) is 0. The first-order valence-corrected chi connectivity index (χ1v) is 8.41. The highest BCUT2D eigenvalue weighted by atomic mass is 33.1. The minimum Gasteiger partial charge on any atom is -0.217 e. The first-order valence-electron chi connectivity index (χ1n) is 2.47. The molecule has 0 saturated carbocycles. The molecule has 0 aliphatic heterocycles. The zero-order valence-electron chi connectivity index (χ0n) is 5.86. The van der Waals surface area contributed by atoms with E-state index in [-0.39, 0.29) is 5.08 Å². The predicted molar refractivity (Wildman–Crippen MR) is 53.3 cm³/mol. The van der Waals surface area contributed by atoms with Crippen LogP contribution in [0.5, 0.6) is 0 Å². The molecule has 0 fully saturated rings. The summed E-state index contributed by atoms with van der Waals surface area (Å²) in [6.07, 6.45) is 3.68. The lowest BCUT2D eigenvalue weighted by Gasteiger charge is -1.97. The molecule has 0 aromatic carbocycles. The van der Waals surface area contributed by atoms with E-state index in [1.807, 2.05) is 6.26 Å². The second-order valence-corrected chi connectivity index (χ2v) is 8.11. The van der Waals surface area contributed by atoms with Gasteiger partial charge in [0.1, 0.15) is 5.08 Å². The molecule has 0 saturated heterocycles. The second-order valence-electron chi connectivity index (χ2n) is 1.49. The molecule has 0 heterocycles. The molecule has 0 unspecified atom stereocenters. The van der Waals surface area contributed by atoms with Crippen molar-refractivity contribution in [1.82, 2.24) is 0 Å². The van der Waals surface area contributed by atoms with E-state index in [4.69, 9.17) is 0 Å². The topological polar surface area (TPSA) is 34.1 Å². The van der Waals surface area contributed by atoms with Crippen LogP contribution in [0.4, 0.5) is 0 Å². The molecule has 0 N–H and O–H groups in total. The van der Waals surface area contributed by atoms with E-state index in [1.54, 1.807) is 6.26 Å². The maximum absolute atomic E-state index is 10.9. The quantitative estimate of drug-likeness (QED) is 0.518. The number of rotatable bonds is 5. The predicted octanol–water partition coefficient (Wildman–Crippen LogP) is 1.69. The molecule has 0 amide bonds. The van der Waals surface area contributed by atoms with E-state index in [2.05, 4.69) is 0 Å². The molecule has 6 heteroatoms. The minimum atomic E-state index is -2.84. The van der Waals surface area contributed by atoms with Crippen LogP contribution in [0.15, 0.2) is 0 Å². The van der Waals surface area contributed by atoms with Crippen LogP contribution in [0.3, 0.4) is 0 Å². The van der Waals surface area contributed by atoms with Crippen molar-refractivity contribution in [3.05, 3.63) is 0 Å². The van der Waals surface area contributed by atoms with Crippen molar-refractivity contribution < 1.29 is 8.42 Å². The maximum Gasteiger partial charge on any atom is 0.211 e. The van der Waals surface area contributed by atoms with Gasteiger partial charge >= 0.3 is 0 Å². The fourth-order valence-electron chi connectivity index (χ4n) is 0.300. The molecule has 0 aromatic heterocycles. The van der Waals surface area contributed by atoms with Gasteiger partial charge in [0.15, 0.2) is 0 Å². The Morgan fingerprint density at radius 3 is 2.20 bits per heavy atom. The van der Waals surface area contributed by atoms with Crippen LogP contribution in [-0.2, 0) is 8.87 Å². The Morgan fingerprint density at radius 1 is 1.20 bits per heavy atom. The Kier molecular flexibility index (Phi) is 6.19. The van der Waals surface area contributed by atoms with Gasteiger partial charge in [0.05, 0.1) is 5.08 Å². The first-order chi connectivity index (χ1) is 4.62. The van der Waals surface area contributed by atoms with Gasteiger partial charge in [-0.15, -0.1) is 11.8 Å². The lowest BCUT2D eigenvalue weighted by molar-refractivity contribution is 0.615. The molecule has 2 nitrogen and oxygen atoms in total. The van der Waals surface area contributed by atoms with Gasteiger partial charge in [-0.05, 0) is 23.3 Å². The monoisotopic (exact) mass is 218 g/mol. The highest BCUT2D eigenvalue weighted by Gasteiger charge is 2.08. The molecule has 0 aliphatic carbocycles. The van der Waals surface area contributed by atoms with Crippen LogP contribution >= 0.6 is 34.3 Å². The van der Waals surface area contributed by atoms with Crippen LogP contribution < -0.4 is 0 Å². The highest BCUT2D eigenvalue weighted by molar-refractivity contribution is 8.74. The van der Waals surface area contributed by atoms with Crippen LogP contribution in [-0.4, -0.2) is 31.1 Å². The van der Waals surface area contributed by atoms with Gasteiger partial charge in [0, 0.05) is 0 Å². The van der Waals surface area contributed by atoms with Gasteiger partial charge in [-0.1, -0.05) is 0 Å². The molecule has 0 bridgehead atoms. The van der Waals surface area contributed by atoms with Gasteiger partial charge in [-0.3, -0.25) is 0 Å². The van der Waals surface area contributed by atoms with Crippen molar-refractivity contribution in [3.63, 3.8) is 0 Å². The number of hydrogen-bond acceptors (Lipinski definition) is 5. The van der Waals surface area contributed by atoms with Crippen molar-refractivity contribution in [2.45, 2.75) is 0 Å². The summed E-state index contributed by atoms with van der Waals surface area (Å²) in [6.45, 7) is 0. The van der Waals surface area contributed by atoms with E-state index in [1.165, 1.54) is 23.5 Å². The van der Waals surface area contributed by atoms with Crippen molar-refractivity contribution in [3.8, 4) is 0 Å². The Balaban J connectivity index is 3.65. The Morgan fingerprint density at radius 2 is 1.80 bits per heavy atom. The first kappa shape index (κ1) is 11.0. The Hall–Kier alpha value is 1.000. The average molecular weight is 218 g/mol. The SMILES string of the molecule is CSCSS(=O)(=O)CSC. The van der Waals surface area contributed by atoms with Gasteiger partial charge in [0.2, 0.25) is 8.87 Å². The summed E-state index contributed by atoms with van der Waals surface area (Å²) in [6, 6.07) is 0. The molecule has 0 rings (SSSR count). The molecule has 0 aromatic rings. The van der Waals surface area contributed by atoms with Crippen LogP contribution in [0.25, 0.3) is 0 Å². The summed E-state index contributed by atoms with van der Waals surface area (Å²) in [7, 11) is -1.82. The van der Waals surface area contributed by atoms with Crippen molar-refractivity contribution in [2.24, 2.45) is 0 Å². The largest absolute Gasteiger partial charge is 0.217 e. The normalized spacial score (nSPS) is 11.8. The molecule has 10 heavy (non-hydrogen) atoms. The second kappa shape index (κ2) is 5.62. The molecule has 0 radical (unpaired) electrons. The molecular weight excluding hydrogens is 208 g/mol. The molecule has 0 spiro atoms.